The average Bonchev–Trinajstić information content (AvgIpc) is 2.77. The topological polar surface area (TPSA) is 12.5 Å². The molecule has 2 nitrogen and oxygen atoms in total. The van der Waals surface area contributed by atoms with Crippen molar-refractivity contribution in [2.24, 2.45) is 0 Å². The fourth-order valence-corrected chi connectivity index (χ4v) is 2.72. The Morgan fingerprint density at radius 3 is 2.25 bits per heavy atom. The molecule has 1 aliphatic heterocycles. The number of nitrogens with zero attached hydrogens (tertiary/aromatic N) is 1. The van der Waals surface area contributed by atoms with Gasteiger partial charge in [0.15, 0.2) is 0 Å². The van der Waals surface area contributed by atoms with Gasteiger partial charge >= 0.3 is 0 Å². The first-order valence-electron chi connectivity index (χ1n) is 6.84. The third kappa shape index (κ3) is 2.35. The van der Waals surface area contributed by atoms with Crippen molar-refractivity contribution in [3.05, 3.63) is 71.5 Å². The minimum Gasteiger partial charge on any atom is -0.349 e. The lowest BCUT2D eigenvalue weighted by molar-refractivity contribution is 0.00556. The van der Waals surface area contributed by atoms with Crippen molar-refractivity contribution in [1.82, 2.24) is 4.90 Å². The molecule has 0 spiro atoms. The molecule has 3 unspecified atom stereocenters. The molecular formula is C17H18FNO. The standard InChI is InChI=1S/C17H18FNO/c1-12-16(13-6-4-3-5-7-13)20-17(19(12)2)14-8-10-15(18)11-9-14/h3-12,16-17H,1-2H3. The van der Waals surface area contributed by atoms with Crippen LogP contribution in [0.2, 0.25) is 0 Å². The van der Waals surface area contributed by atoms with E-state index in [1.807, 2.05) is 25.2 Å². The molecule has 20 heavy (non-hydrogen) atoms. The second-order valence-electron chi connectivity index (χ2n) is 5.28. The largest absolute Gasteiger partial charge is 0.349 e. The normalized spacial score (nSPS) is 26.9. The van der Waals surface area contributed by atoms with E-state index in [0.717, 1.165) is 5.56 Å². The molecule has 0 N–H and O–H groups in total. The van der Waals surface area contributed by atoms with Crippen LogP contribution in [0.1, 0.15) is 30.4 Å². The SMILES string of the molecule is CC1C(c2ccccc2)OC(c2ccc(F)cc2)N1C. The highest BCUT2D eigenvalue weighted by molar-refractivity contribution is 5.24. The van der Waals surface area contributed by atoms with E-state index in [1.54, 1.807) is 12.1 Å². The lowest BCUT2D eigenvalue weighted by Gasteiger charge is -2.21. The molecule has 0 saturated carbocycles. The van der Waals surface area contributed by atoms with Gasteiger partial charge in [-0.2, -0.15) is 0 Å². The first kappa shape index (κ1) is 13.3. The van der Waals surface area contributed by atoms with Crippen LogP contribution in [-0.4, -0.2) is 18.0 Å². The fourth-order valence-electron chi connectivity index (χ4n) is 2.72. The Balaban J connectivity index is 1.87. The lowest BCUT2D eigenvalue weighted by Crippen LogP contribution is -2.27. The van der Waals surface area contributed by atoms with E-state index in [9.17, 15) is 4.39 Å². The van der Waals surface area contributed by atoms with Gasteiger partial charge in [-0.15, -0.1) is 0 Å². The van der Waals surface area contributed by atoms with E-state index in [0.29, 0.717) is 0 Å². The average molecular weight is 271 g/mol. The molecular weight excluding hydrogens is 253 g/mol. The van der Waals surface area contributed by atoms with Crippen LogP contribution >= 0.6 is 0 Å². The number of rotatable bonds is 2. The molecule has 0 aromatic heterocycles. The van der Waals surface area contributed by atoms with Crippen LogP contribution in [0, 0.1) is 5.82 Å². The summed E-state index contributed by atoms with van der Waals surface area (Å²) in [6.45, 7) is 2.15. The minimum absolute atomic E-state index is 0.0382. The molecule has 3 heteroatoms. The van der Waals surface area contributed by atoms with Gasteiger partial charge in [0.2, 0.25) is 0 Å². The Labute approximate surface area is 118 Å². The van der Waals surface area contributed by atoms with E-state index in [2.05, 4.69) is 24.0 Å². The second kappa shape index (κ2) is 5.35. The molecule has 2 aromatic rings. The highest BCUT2D eigenvalue weighted by Crippen LogP contribution is 2.40. The summed E-state index contributed by atoms with van der Waals surface area (Å²) in [5, 5.41) is 0. The Hall–Kier alpha value is -1.71. The Kier molecular flexibility index (Phi) is 3.55. The predicted octanol–water partition coefficient (Wildman–Crippen LogP) is 3.92. The lowest BCUT2D eigenvalue weighted by atomic mass is 10.0. The number of hydrogen-bond donors (Lipinski definition) is 0. The van der Waals surface area contributed by atoms with Crippen LogP contribution in [0.4, 0.5) is 4.39 Å². The molecule has 0 aliphatic carbocycles. The zero-order valence-electron chi connectivity index (χ0n) is 11.7. The molecule has 0 radical (unpaired) electrons. The van der Waals surface area contributed by atoms with Gasteiger partial charge in [-0.1, -0.05) is 42.5 Å². The number of hydrogen-bond acceptors (Lipinski definition) is 2. The minimum atomic E-state index is -0.220. The van der Waals surface area contributed by atoms with E-state index < -0.39 is 0 Å². The van der Waals surface area contributed by atoms with Crippen molar-refractivity contribution >= 4 is 0 Å². The molecule has 3 rings (SSSR count). The van der Waals surface area contributed by atoms with E-state index in [4.69, 9.17) is 4.74 Å². The monoisotopic (exact) mass is 271 g/mol. The highest BCUT2D eigenvalue weighted by atomic mass is 19.1. The van der Waals surface area contributed by atoms with Gasteiger partial charge in [0.1, 0.15) is 18.1 Å². The van der Waals surface area contributed by atoms with Crippen molar-refractivity contribution in [3.63, 3.8) is 0 Å². The summed E-state index contributed by atoms with van der Waals surface area (Å²) in [6.07, 6.45) is -0.0907. The van der Waals surface area contributed by atoms with Crippen LogP contribution in [-0.2, 0) is 4.74 Å². The van der Waals surface area contributed by atoms with Gasteiger partial charge in [-0.25, -0.2) is 4.39 Å². The Morgan fingerprint density at radius 1 is 0.950 bits per heavy atom. The number of benzene rings is 2. The van der Waals surface area contributed by atoms with Crippen molar-refractivity contribution in [3.8, 4) is 0 Å². The molecule has 0 bridgehead atoms. The third-order valence-electron chi connectivity index (χ3n) is 4.01. The number of likely N-dealkylation sites (N-methyl/N-ethyl adjacent to an activating group) is 1. The Bertz CT molecular complexity index is 569. The first-order chi connectivity index (χ1) is 9.66. The predicted molar refractivity (Wildman–Crippen MR) is 76.6 cm³/mol. The summed E-state index contributed by atoms with van der Waals surface area (Å²) in [6, 6.07) is 17.0. The second-order valence-corrected chi connectivity index (χ2v) is 5.28. The maximum atomic E-state index is 13.0. The quantitative estimate of drug-likeness (QED) is 0.821. The molecule has 1 fully saturated rings. The zero-order valence-corrected chi connectivity index (χ0v) is 11.7. The van der Waals surface area contributed by atoms with Crippen LogP contribution in [0.15, 0.2) is 54.6 Å². The van der Waals surface area contributed by atoms with E-state index in [1.165, 1.54) is 17.7 Å². The van der Waals surface area contributed by atoms with Crippen LogP contribution in [0.5, 0.6) is 0 Å². The first-order valence-corrected chi connectivity index (χ1v) is 6.84. The summed E-state index contributed by atoms with van der Waals surface area (Å²) in [4.78, 5) is 2.19. The van der Waals surface area contributed by atoms with Crippen LogP contribution in [0.25, 0.3) is 0 Å². The fraction of sp³-hybridized carbons (Fsp3) is 0.294. The maximum Gasteiger partial charge on any atom is 0.137 e. The van der Waals surface area contributed by atoms with E-state index >= 15 is 0 Å². The van der Waals surface area contributed by atoms with Gasteiger partial charge in [0, 0.05) is 6.04 Å². The number of halogens is 1. The molecule has 1 heterocycles. The van der Waals surface area contributed by atoms with Gasteiger partial charge in [-0.05, 0) is 37.2 Å². The zero-order chi connectivity index (χ0) is 14.1. The maximum absolute atomic E-state index is 13.0. The van der Waals surface area contributed by atoms with Crippen molar-refractivity contribution < 1.29 is 9.13 Å². The van der Waals surface area contributed by atoms with Crippen molar-refractivity contribution in [1.29, 1.82) is 0 Å². The van der Waals surface area contributed by atoms with Gasteiger partial charge in [-0.3, -0.25) is 4.90 Å². The van der Waals surface area contributed by atoms with Crippen LogP contribution < -0.4 is 0 Å². The Morgan fingerprint density at radius 2 is 1.60 bits per heavy atom. The van der Waals surface area contributed by atoms with Crippen molar-refractivity contribution in [2.75, 3.05) is 7.05 Å². The third-order valence-corrected chi connectivity index (χ3v) is 4.01. The molecule has 1 aliphatic rings. The van der Waals surface area contributed by atoms with Crippen LogP contribution in [0.3, 0.4) is 0 Å². The summed E-state index contributed by atoms with van der Waals surface area (Å²) in [7, 11) is 2.04. The number of ether oxygens (including phenoxy) is 1. The summed E-state index contributed by atoms with van der Waals surface area (Å²) in [5.74, 6) is -0.220. The summed E-state index contributed by atoms with van der Waals surface area (Å²) >= 11 is 0. The smallest absolute Gasteiger partial charge is 0.137 e. The molecule has 3 atom stereocenters. The molecule has 0 amide bonds. The summed E-state index contributed by atoms with van der Waals surface area (Å²) < 4.78 is 19.2. The van der Waals surface area contributed by atoms with Gasteiger partial charge in [0.25, 0.3) is 0 Å². The molecule has 1 saturated heterocycles. The molecule has 2 aromatic carbocycles. The molecule has 104 valence electrons. The van der Waals surface area contributed by atoms with Crippen molar-refractivity contribution in [2.45, 2.75) is 25.3 Å². The van der Waals surface area contributed by atoms with E-state index in [-0.39, 0.29) is 24.2 Å². The highest BCUT2D eigenvalue weighted by Gasteiger charge is 2.38. The van der Waals surface area contributed by atoms with Gasteiger partial charge < -0.3 is 4.74 Å². The van der Waals surface area contributed by atoms with Gasteiger partial charge in [0.05, 0.1) is 0 Å². The summed E-state index contributed by atoms with van der Waals surface area (Å²) in [5.41, 5.74) is 2.16.